The highest BCUT2D eigenvalue weighted by Crippen LogP contribution is 2.30. The van der Waals surface area contributed by atoms with E-state index in [4.69, 9.17) is 5.11 Å². The topological polar surface area (TPSA) is 104 Å². The number of aliphatic carboxylic acids is 1. The molecule has 0 aliphatic carbocycles. The molecule has 2 unspecified atom stereocenters. The van der Waals surface area contributed by atoms with Gasteiger partial charge < -0.3 is 10.4 Å². The van der Waals surface area contributed by atoms with Crippen LogP contribution in [0.2, 0.25) is 0 Å². The summed E-state index contributed by atoms with van der Waals surface area (Å²) in [6.07, 6.45) is -0.0761. The highest BCUT2D eigenvalue weighted by atomic mass is 32.2. The quantitative estimate of drug-likeness (QED) is 0.732. The molecule has 1 heterocycles. The van der Waals surface area contributed by atoms with E-state index in [1.807, 2.05) is 0 Å². The van der Waals surface area contributed by atoms with Gasteiger partial charge in [-0.15, -0.1) is 11.8 Å². The first kappa shape index (κ1) is 17.9. The Morgan fingerprint density at radius 3 is 2.54 bits per heavy atom. The van der Waals surface area contributed by atoms with Gasteiger partial charge in [0.2, 0.25) is 17.7 Å². The summed E-state index contributed by atoms with van der Waals surface area (Å²) in [4.78, 5) is 47.4. The second-order valence-corrected chi connectivity index (χ2v) is 6.40. The molecular formula is C15H15FN2O5S. The van der Waals surface area contributed by atoms with Crippen molar-refractivity contribution in [1.29, 1.82) is 0 Å². The second kappa shape index (κ2) is 7.43. The van der Waals surface area contributed by atoms with E-state index in [2.05, 4.69) is 5.32 Å². The summed E-state index contributed by atoms with van der Waals surface area (Å²) in [5.74, 6) is -3.16. The zero-order valence-electron chi connectivity index (χ0n) is 12.7. The van der Waals surface area contributed by atoms with Gasteiger partial charge in [-0.25, -0.2) is 14.1 Å². The predicted octanol–water partition coefficient (Wildman–Crippen LogP) is 0.780. The molecule has 1 aliphatic heterocycles. The van der Waals surface area contributed by atoms with E-state index in [0.29, 0.717) is 0 Å². The third-order valence-corrected chi connectivity index (χ3v) is 4.63. The molecule has 0 aromatic heterocycles. The summed E-state index contributed by atoms with van der Waals surface area (Å²) in [5.41, 5.74) is 0.270. The molecule has 1 fully saturated rings. The number of anilines is 1. The third-order valence-electron chi connectivity index (χ3n) is 3.33. The van der Waals surface area contributed by atoms with E-state index >= 15 is 0 Å². The Balaban J connectivity index is 2.04. The highest BCUT2D eigenvalue weighted by Gasteiger charge is 2.40. The van der Waals surface area contributed by atoms with Crippen LogP contribution in [0.3, 0.4) is 0 Å². The molecule has 0 spiro atoms. The van der Waals surface area contributed by atoms with E-state index < -0.39 is 40.8 Å². The molecule has 2 N–H and O–H groups in total. The number of carbonyl (C=O) groups excluding carboxylic acids is 3. The minimum absolute atomic E-state index is 0.0458. The number of thioether (sulfide) groups is 1. The molecule has 0 saturated carbocycles. The molecule has 24 heavy (non-hydrogen) atoms. The van der Waals surface area contributed by atoms with Gasteiger partial charge in [0, 0.05) is 19.1 Å². The lowest BCUT2D eigenvalue weighted by Gasteiger charge is -2.16. The van der Waals surface area contributed by atoms with Gasteiger partial charge in [0.25, 0.3) is 0 Å². The van der Waals surface area contributed by atoms with E-state index in [0.717, 1.165) is 28.8 Å². The van der Waals surface area contributed by atoms with E-state index in [-0.39, 0.29) is 17.9 Å². The Labute approximate surface area is 141 Å². The Morgan fingerprint density at radius 1 is 1.38 bits per heavy atom. The van der Waals surface area contributed by atoms with Gasteiger partial charge in [-0.2, -0.15) is 0 Å². The van der Waals surface area contributed by atoms with Gasteiger partial charge >= 0.3 is 5.97 Å². The fourth-order valence-electron chi connectivity index (χ4n) is 2.23. The molecular weight excluding hydrogens is 339 g/mol. The lowest BCUT2D eigenvalue weighted by molar-refractivity contribution is -0.140. The molecule has 128 valence electrons. The molecule has 0 radical (unpaired) electrons. The second-order valence-electron chi connectivity index (χ2n) is 5.16. The number of nitrogens with one attached hydrogen (secondary N) is 1. The summed E-state index contributed by atoms with van der Waals surface area (Å²) in [7, 11) is 0. The average molecular weight is 354 g/mol. The number of rotatable bonds is 6. The number of hydrogen-bond donors (Lipinski definition) is 2. The fraction of sp³-hybridized carbons (Fsp3) is 0.333. The summed E-state index contributed by atoms with van der Waals surface area (Å²) < 4.78 is 13.0. The molecule has 3 amide bonds. The summed E-state index contributed by atoms with van der Waals surface area (Å²) in [5, 5.41) is 10.6. The Kier molecular flexibility index (Phi) is 5.55. The van der Waals surface area contributed by atoms with Crippen LogP contribution in [-0.4, -0.2) is 45.8 Å². The third kappa shape index (κ3) is 4.10. The molecule has 7 nitrogen and oxygen atoms in total. The lowest BCUT2D eigenvalue weighted by Crippen LogP contribution is -2.42. The minimum Gasteiger partial charge on any atom is -0.480 e. The van der Waals surface area contributed by atoms with Gasteiger partial charge in [-0.05, 0) is 24.3 Å². The van der Waals surface area contributed by atoms with Gasteiger partial charge in [-0.1, -0.05) is 0 Å². The smallest absolute Gasteiger partial charge is 0.327 e. The molecule has 2 rings (SSSR count). The van der Waals surface area contributed by atoms with Gasteiger partial charge in [0.1, 0.15) is 11.9 Å². The van der Waals surface area contributed by atoms with E-state index in [1.54, 1.807) is 0 Å². The van der Waals surface area contributed by atoms with Crippen molar-refractivity contribution in [3.63, 3.8) is 0 Å². The standard InChI is InChI=1S/C15H15FN2O5S/c1-8(19)17-11(15(22)23)7-24-12-6-13(20)18(14(12)21)10-4-2-9(16)3-5-10/h2-5,11-12H,6-7H2,1H3,(H,17,19)(H,22,23). The number of halogens is 1. The molecule has 2 atom stereocenters. The lowest BCUT2D eigenvalue weighted by atomic mass is 10.3. The molecule has 1 aromatic carbocycles. The first-order valence-electron chi connectivity index (χ1n) is 7.03. The first-order chi connectivity index (χ1) is 11.3. The Hall–Kier alpha value is -2.42. The maximum absolute atomic E-state index is 13.0. The maximum Gasteiger partial charge on any atom is 0.327 e. The molecule has 9 heteroatoms. The SMILES string of the molecule is CC(=O)NC(CSC1CC(=O)N(c2ccc(F)cc2)C1=O)C(=O)O. The zero-order chi connectivity index (χ0) is 17.9. The van der Waals surface area contributed by atoms with Crippen molar-refractivity contribution in [1.82, 2.24) is 5.32 Å². The summed E-state index contributed by atoms with van der Waals surface area (Å²) in [6.45, 7) is 1.20. The van der Waals surface area contributed by atoms with Crippen molar-refractivity contribution >= 4 is 41.1 Å². The number of carboxylic acids is 1. The zero-order valence-corrected chi connectivity index (χ0v) is 13.5. The van der Waals surface area contributed by atoms with Crippen molar-refractivity contribution in [3.05, 3.63) is 30.1 Å². The van der Waals surface area contributed by atoms with Crippen molar-refractivity contribution in [2.45, 2.75) is 24.6 Å². The monoisotopic (exact) mass is 354 g/mol. The molecule has 0 bridgehead atoms. The van der Waals surface area contributed by atoms with Gasteiger partial charge in [-0.3, -0.25) is 14.4 Å². The number of amides is 3. The summed E-state index contributed by atoms with van der Waals surface area (Å²) >= 11 is 0.994. The average Bonchev–Trinajstić information content (AvgIpc) is 2.78. The van der Waals surface area contributed by atoms with Crippen molar-refractivity contribution in [2.75, 3.05) is 10.7 Å². The van der Waals surface area contributed by atoms with Crippen molar-refractivity contribution < 1.29 is 28.7 Å². The van der Waals surface area contributed by atoms with Crippen LogP contribution in [0, 0.1) is 5.82 Å². The van der Waals surface area contributed by atoms with Crippen molar-refractivity contribution in [3.8, 4) is 0 Å². The van der Waals surface area contributed by atoms with Crippen molar-refractivity contribution in [2.24, 2.45) is 0 Å². The maximum atomic E-state index is 13.0. The Bertz CT molecular complexity index is 679. The number of imide groups is 1. The van der Waals surface area contributed by atoms with Crippen LogP contribution in [-0.2, 0) is 19.2 Å². The number of hydrogen-bond acceptors (Lipinski definition) is 5. The van der Waals surface area contributed by atoms with Gasteiger partial charge in [0.05, 0.1) is 10.9 Å². The van der Waals surface area contributed by atoms with E-state index in [9.17, 15) is 23.6 Å². The van der Waals surface area contributed by atoms with Crippen LogP contribution < -0.4 is 10.2 Å². The van der Waals surface area contributed by atoms with Gasteiger partial charge in [0.15, 0.2) is 0 Å². The first-order valence-corrected chi connectivity index (χ1v) is 8.08. The van der Waals surface area contributed by atoms with E-state index in [1.165, 1.54) is 19.1 Å². The molecule has 1 aromatic rings. The van der Waals surface area contributed by atoms with Crippen LogP contribution in [0.15, 0.2) is 24.3 Å². The largest absolute Gasteiger partial charge is 0.480 e. The number of carboxylic acid groups (broad SMARTS) is 1. The van der Waals surface area contributed by atoms with Crippen LogP contribution >= 0.6 is 11.8 Å². The van der Waals surface area contributed by atoms with Crippen LogP contribution in [0.4, 0.5) is 10.1 Å². The number of benzene rings is 1. The normalized spacial score (nSPS) is 18.6. The highest BCUT2D eigenvalue weighted by molar-refractivity contribution is 8.00. The predicted molar refractivity (Wildman–Crippen MR) is 85.0 cm³/mol. The Morgan fingerprint density at radius 2 is 2.00 bits per heavy atom. The van der Waals surface area contributed by atoms with Crippen LogP contribution in [0.25, 0.3) is 0 Å². The molecule has 1 saturated heterocycles. The summed E-state index contributed by atoms with van der Waals surface area (Å²) in [6, 6.07) is 3.81. The minimum atomic E-state index is -1.22. The van der Waals surface area contributed by atoms with Crippen LogP contribution in [0.5, 0.6) is 0 Å². The molecule has 1 aliphatic rings. The number of carbonyl (C=O) groups is 4. The fourth-order valence-corrected chi connectivity index (χ4v) is 3.39. The van der Waals surface area contributed by atoms with Crippen LogP contribution in [0.1, 0.15) is 13.3 Å². The number of nitrogens with zero attached hydrogens (tertiary/aromatic N) is 1.